The highest BCUT2D eigenvalue weighted by Gasteiger charge is 2.30. The summed E-state index contributed by atoms with van der Waals surface area (Å²) in [6, 6.07) is 3.21. The Morgan fingerprint density at radius 3 is 2.72 bits per heavy atom. The highest BCUT2D eigenvalue weighted by molar-refractivity contribution is 5.94. The molecule has 0 spiro atoms. The summed E-state index contributed by atoms with van der Waals surface area (Å²) >= 11 is 0. The Kier molecular flexibility index (Phi) is 5.86. The van der Waals surface area contributed by atoms with Gasteiger partial charge in [0.25, 0.3) is 5.91 Å². The molecule has 2 N–H and O–H groups in total. The standard InChI is InChI=1S/C18H24N2O5/c21-17(13-4-7-19-16(10-13)25-14-2-1-3-14)20-11-15(18(22)23)12-5-8-24-9-6-12/h4,7,10,12,14-15H,1-3,5-6,8-9,11H2,(H,20,21)(H,22,23). The molecule has 1 amide bonds. The molecule has 2 heterocycles. The van der Waals surface area contributed by atoms with E-state index in [4.69, 9.17) is 9.47 Å². The van der Waals surface area contributed by atoms with Crippen molar-refractivity contribution in [3.8, 4) is 5.88 Å². The van der Waals surface area contributed by atoms with Crippen molar-refractivity contribution >= 4 is 11.9 Å². The Balaban J connectivity index is 1.56. The highest BCUT2D eigenvalue weighted by atomic mass is 16.5. The molecule has 1 aromatic rings. The van der Waals surface area contributed by atoms with Crippen LogP contribution < -0.4 is 10.1 Å². The zero-order valence-corrected chi connectivity index (χ0v) is 14.1. The van der Waals surface area contributed by atoms with Gasteiger partial charge in [0.15, 0.2) is 0 Å². The van der Waals surface area contributed by atoms with Gasteiger partial charge in [-0.15, -0.1) is 0 Å². The number of rotatable bonds is 7. The molecule has 1 unspecified atom stereocenters. The number of ether oxygens (including phenoxy) is 2. The van der Waals surface area contributed by atoms with E-state index in [9.17, 15) is 14.7 Å². The summed E-state index contributed by atoms with van der Waals surface area (Å²) in [5.74, 6) is -1.31. The van der Waals surface area contributed by atoms with Gasteiger partial charge in [-0.1, -0.05) is 0 Å². The van der Waals surface area contributed by atoms with Gasteiger partial charge in [0.2, 0.25) is 5.88 Å². The molecular formula is C18H24N2O5. The number of carbonyl (C=O) groups is 2. The molecule has 2 fully saturated rings. The maximum Gasteiger partial charge on any atom is 0.308 e. The third kappa shape index (κ3) is 4.69. The predicted octanol–water partition coefficient (Wildman–Crippen LogP) is 1.87. The highest BCUT2D eigenvalue weighted by Crippen LogP contribution is 2.25. The second-order valence-corrected chi connectivity index (χ2v) is 6.66. The molecule has 0 aromatic carbocycles. The Labute approximate surface area is 146 Å². The van der Waals surface area contributed by atoms with Gasteiger partial charge in [-0.3, -0.25) is 9.59 Å². The lowest BCUT2D eigenvalue weighted by atomic mass is 9.86. The van der Waals surface area contributed by atoms with Gasteiger partial charge in [0.1, 0.15) is 6.10 Å². The van der Waals surface area contributed by atoms with Crippen LogP contribution in [0.25, 0.3) is 0 Å². The summed E-state index contributed by atoms with van der Waals surface area (Å²) in [6.07, 6.45) is 6.34. The van der Waals surface area contributed by atoms with Crippen LogP contribution in [-0.2, 0) is 9.53 Å². The Morgan fingerprint density at radius 1 is 1.32 bits per heavy atom. The van der Waals surface area contributed by atoms with Crippen LogP contribution in [0.1, 0.15) is 42.5 Å². The van der Waals surface area contributed by atoms with Crippen LogP contribution in [0.4, 0.5) is 0 Å². The lowest BCUT2D eigenvalue weighted by Crippen LogP contribution is -2.39. The van der Waals surface area contributed by atoms with Crippen molar-refractivity contribution in [2.45, 2.75) is 38.2 Å². The summed E-state index contributed by atoms with van der Waals surface area (Å²) in [5.41, 5.74) is 0.431. The molecule has 1 saturated carbocycles. The molecule has 1 aliphatic carbocycles. The quantitative estimate of drug-likeness (QED) is 0.781. The monoisotopic (exact) mass is 348 g/mol. The fourth-order valence-electron chi connectivity index (χ4n) is 3.15. The number of amides is 1. The van der Waals surface area contributed by atoms with Crippen LogP contribution in [0.3, 0.4) is 0 Å². The van der Waals surface area contributed by atoms with Crippen LogP contribution in [0, 0.1) is 11.8 Å². The van der Waals surface area contributed by atoms with Crippen LogP contribution >= 0.6 is 0 Å². The second kappa shape index (κ2) is 8.29. The average Bonchev–Trinajstić information content (AvgIpc) is 2.59. The maximum atomic E-state index is 12.4. The van der Waals surface area contributed by atoms with Crippen molar-refractivity contribution in [2.75, 3.05) is 19.8 Å². The smallest absolute Gasteiger partial charge is 0.308 e. The Morgan fingerprint density at radius 2 is 2.08 bits per heavy atom. The molecule has 7 heteroatoms. The molecule has 136 valence electrons. The van der Waals surface area contributed by atoms with E-state index in [0.717, 1.165) is 19.3 Å². The number of nitrogens with one attached hydrogen (secondary N) is 1. The van der Waals surface area contributed by atoms with Crippen molar-refractivity contribution in [3.05, 3.63) is 23.9 Å². The number of carboxylic acids is 1. The zero-order chi connectivity index (χ0) is 17.6. The number of pyridine rings is 1. The summed E-state index contributed by atoms with van der Waals surface area (Å²) in [7, 11) is 0. The average molecular weight is 348 g/mol. The summed E-state index contributed by atoms with van der Waals surface area (Å²) < 4.78 is 11.0. The van der Waals surface area contributed by atoms with Gasteiger partial charge in [-0.25, -0.2) is 4.98 Å². The second-order valence-electron chi connectivity index (χ2n) is 6.66. The van der Waals surface area contributed by atoms with Crippen molar-refractivity contribution in [2.24, 2.45) is 11.8 Å². The molecule has 7 nitrogen and oxygen atoms in total. The maximum absolute atomic E-state index is 12.4. The number of hydrogen-bond acceptors (Lipinski definition) is 5. The first-order valence-corrected chi connectivity index (χ1v) is 8.85. The topological polar surface area (TPSA) is 97.8 Å². The van der Waals surface area contributed by atoms with Crippen molar-refractivity contribution in [1.82, 2.24) is 10.3 Å². The number of aliphatic carboxylic acids is 1. The third-order valence-corrected chi connectivity index (χ3v) is 4.97. The lowest BCUT2D eigenvalue weighted by molar-refractivity contribution is -0.144. The van der Waals surface area contributed by atoms with Crippen LogP contribution in [0.2, 0.25) is 0 Å². The largest absolute Gasteiger partial charge is 0.481 e. The van der Waals surface area contributed by atoms with E-state index in [1.807, 2.05) is 0 Å². The van der Waals surface area contributed by atoms with E-state index in [1.54, 1.807) is 12.1 Å². The number of nitrogens with zero attached hydrogens (tertiary/aromatic N) is 1. The van der Waals surface area contributed by atoms with Gasteiger partial charge >= 0.3 is 5.97 Å². The first-order valence-electron chi connectivity index (χ1n) is 8.85. The van der Waals surface area contributed by atoms with Crippen LogP contribution in [-0.4, -0.2) is 47.8 Å². The molecular weight excluding hydrogens is 324 g/mol. The first kappa shape index (κ1) is 17.7. The summed E-state index contributed by atoms with van der Waals surface area (Å²) in [5, 5.41) is 12.2. The van der Waals surface area contributed by atoms with Gasteiger partial charge in [-0.2, -0.15) is 0 Å². The first-order chi connectivity index (χ1) is 12.1. The SMILES string of the molecule is O=C(NCC(C(=O)O)C1CCOCC1)c1ccnc(OC2CCC2)c1. The number of carbonyl (C=O) groups excluding carboxylic acids is 1. The fourth-order valence-corrected chi connectivity index (χ4v) is 3.15. The van der Waals surface area contributed by atoms with Gasteiger partial charge in [0.05, 0.1) is 5.92 Å². The predicted molar refractivity (Wildman–Crippen MR) is 89.5 cm³/mol. The van der Waals surface area contributed by atoms with Crippen LogP contribution in [0.15, 0.2) is 18.3 Å². The minimum absolute atomic E-state index is 0.0292. The molecule has 0 radical (unpaired) electrons. The van der Waals surface area contributed by atoms with Crippen LogP contribution in [0.5, 0.6) is 5.88 Å². The lowest BCUT2D eigenvalue weighted by Gasteiger charge is -2.27. The molecule has 0 bridgehead atoms. The summed E-state index contributed by atoms with van der Waals surface area (Å²) in [4.78, 5) is 28.0. The molecule has 25 heavy (non-hydrogen) atoms. The molecule has 1 aliphatic heterocycles. The number of carboxylic acid groups (broad SMARTS) is 1. The van der Waals surface area contributed by atoms with E-state index >= 15 is 0 Å². The summed E-state index contributed by atoms with van der Waals surface area (Å²) in [6.45, 7) is 1.27. The minimum atomic E-state index is -0.879. The van der Waals surface area contributed by atoms with E-state index in [-0.39, 0.29) is 24.5 Å². The van der Waals surface area contributed by atoms with Gasteiger partial charge in [0, 0.05) is 37.6 Å². The minimum Gasteiger partial charge on any atom is -0.481 e. The molecule has 1 saturated heterocycles. The van der Waals surface area contributed by atoms with Crippen molar-refractivity contribution in [1.29, 1.82) is 0 Å². The number of aromatic nitrogens is 1. The number of hydrogen-bond donors (Lipinski definition) is 2. The Bertz CT molecular complexity index is 611. The van der Waals surface area contributed by atoms with Crippen molar-refractivity contribution in [3.63, 3.8) is 0 Å². The van der Waals surface area contributed by atoms with Gasteiger partial charge < -0.3 is 19.9 Å². The third-order valence-electron chi connectivity index (χ3n) is 4.97. The van der Waals surface area contributed by atoms with Gasteiger partial charge in [-0.05, 0) is 44.1 Å². The normalized spacial score (nSPS) is 19.7. The molecule has 2 aliphatic rings. The van der Waals surface area contributed by atoms with Crippen molar-refractivity contribution < 1.29 is 24.2 Å². The molecule has 3 rings (SSSR count). The molecule has 1 aromatic heterocycles. The van der Waals surface area contributed by atoms with E-state index in [2.05, 4.69) is 10.3 Å². The van der Waals surface area contributed by atoms with E-state index in [1.165, 1.54) is 6.20 Å². The fraction of sp³-hybridized carbons (Fsp3) is 0.611. The van der Waals surface area contributed by atoms with E-state index in [0.29, 0.717) is 37.5 Å². The van der Waals surface area contributed by atoms with E-state index < -0.39 is 11.9 Å². The Hall–Kier alpha value is -2.15. The zero-order valence-electron chi connectivity index (χ0n) is 14.1. The molecule has 1 atom stereocenters.